The number of carbonyl (C=O) groups excluding carboxylic acids is 1. The van der Waals surface area contributed by atoms with Gasteiger partial charge in [0.05, 0.1) is 36.6 Å². The molecular formula is C11H15N5O. The van der Waals surface area contributed by atoms with Crippen LogP contribution < -0.4 is 16.0 Å². The van der Waals surface area contributed by atoms with E-state index in [1.165, 1.54) is 0 Å². The summed E-state index contributed by atoms with van der Waals surface area (Å²) >= 11 is 0. The summed E-state index contributed by atoms with van der Waals surface area (Å²) in [6, 6.07) is 3.71. The number of anilines is 2. The van der Waals surface area contributed by atoms with Gasteiger partial charge in [-0.05, 0) is 6.07 Å². The highest BCUT2D eigenvalue weighted by molar-refractivity contribution is 5.82. The van der Waals surface area contributed by atoms with Gasteiger partial charge in [-0.3, -0.25) is 9.78 Å². The van der Waals surface area contributed by atoms with Crippen LogP contribution in [0.15, 0.2) is 18.5 Å². The molecule has 1 aromatic heterocycles. The van der Waals surface area contributed by atoms with Gasteiger partial charge in [0.25, 0.3) is 0 Å². The Hall–Kier alpha value is -2.29. The fraction of sp³-hybridized carbons (Fsp3) is 0.364. The number of nitriles is 1. The number of rotatable bonds is 5. The fourth-order valence-corrected chi connectivity index (χ4v) is 1.36. The number of nitrogens with one attached hydrogen (secondary N) is 1. The Morgan fingerprint density at radius 1 is 1.71 bits per heavy atom. The Morgan fingerprint density at radius 2 is 2.47 bits per heavy atom. The molecular weight excluding hydrogens is 218 g/mol. The number of hydrogen-bond donors (Lipinski definition) is 2. The van der Waals surface area contributed by atoms with Gasteiger partial charge in [-0.15, -0.1) is 0 Å². The van der Waals surface area contributed by atoms with E-state index >= 15 is 0 Å². The Balaban J connectivity index is 2.50. The van der Waals surface area contributed by atoms with Gasteiger partial charge in [0.1, 0.15) is 0 Å². The van der Waals surface area contributed by atoms with Crippen LogP contribution >= 0.6 is 0 Å². The molecule has 6 nitrogen and oxygen atoms in total. The van der Waals surface area contributed by atoms with Crippen LogP contribution in [-0.2, 0) is 4.79 Å². The molecule has 0 aromatic carbocycles. The first-order chi connectivity index (χ1) is 8.15. The van der Waals surface area contributed by atoms with Crippen LogP contribution in [0, 0.1) is 11.3 Å². The minimum absolute atomic E-state index is 0.140. The van der Waals surface area contributed by atoms with Crippen LogP contribution in [0.2, 0.25) is 0 Å². The molecule has 0 spiro atoms. The lowest BCUT2D eigenvalue weighted by molar-refractivity contribution is -0.119. The smallest absolute Gasteiger partial charge is 0.239 e. The molecule has 3 N–H and O–H groups in total. The van der Waals surface area contributed by atoms with Crippen molar-refractivity contribution in [1.82, 2.24) is 10.3 Å². The number of nitrogens with zero attached hydrogens (tertiary/aromatic N) is 3. The monoisotopic (exact) mass is 233 g/mol. The standard InChI is InChI=1S/C11H15N5O/c1-16(8-11(17)15-5-2-4-12)10-3-6-14-7-9(10)13/h3,6-7H,2,5,8,13H2,1H3,(H,15,17). The summed E-state index contributed by atoms with van der Waals surface area (Å²) in [6.45, 7) is 0.564. The second-order valence-electron chi connectivity index (χ2n) is 3.55. The first-order valence-electron chi connectivity index (χ1n) is 5.19. The van der Waals surface area contributed by atoms with Crippen molar-refractivity contribution in [2.45, 2.75) is 6.42 Å². The number of aromatic nitrogens is 1. The van der Waals surface area contributed by atoms with E-state index in [0.29, 0.717) is 18.7 Å². The first-order valence-corrected chi connectivity index (χ1v) is 5.19. The molecule has 90 valence electrons. The maximum absolute atomic E-state index is 11.5. The van der Waals surface area contributed by atoms with Gasteiger partial charge in [0.15, 0.2) is 0 Å². The van der Waals surface area contributed by atoms with E-state index in [2.05, 4.69) is 10.3 Å². The average molecular weight is 233 g/mol. The van der Waals surface area contributed by atoms with Gasteiger partial charge in [-0.1, -0.05) is 0 Å². The summed E-state index contributed by atoms with van der Waals surface area (Å²) in [6.07, 6.45) is 3.47. The Bertz CT molecular complexity index is 426. The molecule has 0 saturated heterocycles. The predicted octanol–water partition coefficient (Wildman–Crippen LogP) is 0.130. The van der Waals surface area contributed by atoms with Gasteiger partial charge in [-0.25, -0.2) is 0 Å². The molecule has 0 aliphatic carbocycles. The summed E-state index contributed by atoms with van der Waals surface area (Å²) in [4.78, 5) is 17.1. The maximum atomic E-state index is 11.5. The van der Waals surface area contributed by atoms with E-state index in [4.69, 9.17) is 11.0 Å². The highest BCUT2D eigenvalue weighted by Crippen LogP contribution is 2.19. The number of pyridine rings is 1. The number of hydrogen-bond acceptors (Lipinski definition) is 5. The summed E-state index contributed by atoms with van der Waals surface area (Å²) < 4.78 is 0. The van der Waals surface area contributed by atoms with Crippen molar-refractivity contribution in [2.75, 3.05) is 30.8 Å². The average Bonchev–Trinajstić information content (AvgIpc) is 2.29. The minimum atomic E-state index is -0.140. The van der Waals surface area contributed by atoms with Crippen LogP contribution in [0.3, 0.4) is 0 Å². The molecule has 1 aromatic rings. The normalized spacial score (nSPS) is 9.41. The molecule has 0 aliphatic rings. The SMILES string of the molecule is CN(CC(=O)NCCC#N)c1ccncc1N. The molecule has 0 radical (unpaired) electrons. The highest BCUT2D eigenvalue weighted by Gasteiger charge is 2.09. The van der Waals surface area contributed by atoms with E-state index in [1.54, 1.807) is 30.4 Å². The number of carbonyl (C=O) groups is 1. The van der Waals surface area contributed by atoms with E-state index in [9.17, 15) is 4.79 Å². The number of nitrogens with two attached hydrogens (primary N) is 1. The molecule has 0 aliphatic heterocycles. The third-order valence-electron chi connectivity index (χ3n) is 2.18. The Labute approximate surface area is 100 Å². The van der Waals surface area contributed by atoms with Crippen molar-refractivity contribution in [2.24, 2.45) is 0 Å². The predicted molar refractivity (Wildman–Crippen MR) is 65.2 cm³/mol. The Morgan fingerprint density at radius 3 is 3.12 bits per heavy atom. The minimum Gasteiger partial charge on any atom is -0.396 e. The number of amides is 1. The van der Waals surface area contributed by atoms with E-state index in [0.717, 1.165) is 5.69 Å². The molecule has 1 rings (SSSR count). The van der Waals surface area contributed by atoms with E-state index in [1.807, 2.05) is 6.07 Å². The zero-order valence-electron chi connectivity index (χ0n) is 9.68. The van der Waals surface area contributed by atoms with Crippen molar-refractivity contribution in [3.05, 3.63) is 18.5 Å². The lowest BCUT2D eigenvalue weighted by Gasteiger charge is -2.19. The zero-order chi connectivity index (χ0) is 12.7. The Kier molecular flexibility index (Phi) is 4.76. The topological polar surface area (TPSA) is 95.0 Å². The first kappa shape index (κ1) is 12.8. The summed E-state index contributed by atoms with van der Waals surface area (Å²) in [5.74, 6) is -0.140. The van der Waals surface area contributed by atoms with Gasteiger partial charge < -0.3 is 16.0 Å². The molecule has 1 amide bonds. The zero-order valence-corrected chi connectivity index (χ0v) is 9.68. The number of likely N-dealkylation sites (N-methyl/N-ethyl adjacent to an activating group) is 1. The quantitative estimate of drug-likeness (QED) is 0.705. The van der Waals surface area contributed by atoms with Crippen LogP contribution in [0.5, 0.6) is 0 Å². The molecule has 0 fully saturated rings. The summed E-state index contributed by atoms with van der Waals surface area (Å²) in [7, 11) is 1.77. The maximum Gasteiger partial charge on any atom is 0.239 e. The second kappa shape index (κ2) is 6.33. The lowest BCUT2D eigenvalue weighted by atomic mass is 10.3. The number of nitrogen functional groups attached to an aromatic ring is 1. The molecule has 1 heterocycles. The largest absolute Gasteiger partial charge is 0.396 e. The molecule has 6 heteroatoms. The second-order valence-corrected chi connectivity index (χ2v) is 3.55. The van der Waals surface area contributed by atoms with Crippen LogP contribution in [0.4, 0.5) is 11.4 Å². The van der Waals surface area contributed by atoms with Crippen molar-refractivity contribution >= 4 is 17.3 Å². The van der Waals surface area contributed by atoms with Gasteiger partial charge in [0.2, 0.25) is 5.91 Å². The highest BCUT2D eigenvalue weighted by atomic mass is 16.2. The molecule has 0 saturated carbocycles. The van der Waals surface area contributed by atoms with Crippen molar-refractivity contribution in [3.8, 4) is 6.07 Å². The molecule has 0 unspecified atom stereocenters. The molecule has 0 bridgehead atoms. The van der Waals surface area contributed by atoms with Crippen molar-refractivity contribution < 1.29 is 4.79 Å². The van der Waals surface area contributed by atoms with Crippen molar-refractivity contribution in [1.29, 1.82) is 5.26 Å². The van der Waals surface area contributed by atoms with E-state index < -0.39 is 0 Å². The summed E-state index contributed by atoms with van der Waals surface area (Å²) in [5, 5.41) is 11.0. The van der Waals surface area contributed by atoms with Crippen LogP contribution in [0.25, 0.3) is 0 Å². The van der Waals surface area contributed by atoms with Gasteiger partial charge in [0, 0.05) is 19.8 Å². The van der Waals surface area contributed by atoms with Gasteiger partial charge in [-0.2, -0.15) is 5.26 Å². The third kappa shape index (κ3) is 3.99. The van der Waals surface area contributed by atoms with Crippen LogP contribution in [0.1, 0.15) is 6.42 Å². The third-order valence-corrected chi connectivity index (χ3v) is 2.18. The van der Waals surface area contributed by atoms with Crippen molar-refractivity contribution in [3.63, 3.8) is 0 Å². The summed E-state index contributed by atoms with van der Waals surface area (Å²) in [5.41, 5.74) is 7.03. The molecule has 17 heavy (non-hydrogen) atoms. The fourth-order valence-electron chi connectivity index (χ4n) is 1.36. The van der Waals surface area contributed by atoms with Crippen LogP contribution in [-0.4, -0.2) is 31.0 Å². The lowest BCUT2D eigenvalue weighted by Crippen LogP contribution is -2.35. The van der Waals surface area contributed by atoms with Gasteiger partial charge >= 0.3 is 0 Å². The molecule has 0 atom stereocenters. The van der Waals surface area contributed by atoms with E-state index in [-0.39, 0.29) is 12.5 Å².